The average Bonchev–Trinajstić information content (AvgIpc) is 2.67. The van der Waals surface area contributed by atoms with Crippen LogP contribution in [0.25, 0.3) is 10.9 Å². The standard InChI is InChI=1S/C18H12BrN5O4/c1-11-22-15-4-3-13(19)9-14(15)18(25)23(11)21-10-12-2-5-17(28-7-6-20)16(8-12)24(26)27/h2-5,8-10H,7H2,1H3. The van der Waals surface area contributed by atoms with Crippen molar-refractivity contribution >= 4 is 38.7 Å². The monoisotopic (exact) mass is 441 g/mol. The zero-order chi connectivity index (χ0) is 20.3. The lowest BCUT2D eigenvalue weighted by Crippen LogP contribution is -2.20. The van der Waals surface area contributed by atoms with Crippen LogP contribution in [0.2, 0.25) is 0 Å². The van der Waals surface area contributed by atoms with Crippen LogP contribution in [0.1, 0.15) is 11.4 Å². The molecule has 140 valence electrons. The second-order valence-corrected chi connectivity index (χ2v) is 6.53. The minimum Gasteiger partial charge on any atom is -0.472 e. The molecule has 0 aliphatic rings. The van der Waals surface area contributed by atoms with Crippen molar-refractivity contribution in [3.05, 3.63) is 72.7 Å². The van der Waals surface area contributed by atoms with E-state index in [-0.39, 0.29) is 23.6 Å². The molecule has 28 heavy (non-hydrogen) atoms. The van der Waals surface area contributed by atoms with E-state index in [4.69, 9.17) is 10.00 Å². The Hall–Kier alpha value is -3.58. The number of halogens is 1. The number of aryl methyl sites for hydroxylation is 1. The Balaban J connectivity index is 2.02. The molecule has 1 aromatic heterocycles. The molecule has 0 fully saturated rings. The molecule has 0 bridgehead atoms. The van der Waals surface area contributed by atoms with Gasteiger partial charge in [-0.2, -0.15) is 15.0 Å². The Kier molecular flexibility index (Phi) is 5.47. The summed E-state index contributed by atoms with van der Waals surface area (Å²) in [4.78, 5) is 27.7. The summed E-state index contributed by atoms with van der Waals surface area (Å²) in [5.41, 5.74) is 0.274. The highest BCUT2D eigenvalue weighted by molar-refractivity contribution is 9.10. The molecule has 2 aromatic carbocycles. The third-order valence-corrected chi connectivity index (χ3v) is 4.26. The van der Waals surface area contributed by atoms with E-state index in [9.17, 15) is 14.9 Å². The summed E-state index contributed by atoms with van der Waals surface area (Å²) < 4.78 is 6.91. The van der Waals surface area contributed by atoms with Crippen molar-refractivity contribution in [2.75, 3.05) is 6.61 Å². The molecule has 0 aliphatic carbocycles. The molecule has 3 aromatic rings. The third kappa shape index (κ3) is 3.89. The van der Waals surface area contributed by atoms with Gasteiger partial charge in [0.05, 0.1) is 22.0 Å². The maximum Gasteiger partial charge on any atom is 0.311 e. The van der Waals surface area contributed by atoms with Crippen LogP contribution in [0.15, 0.2) is 50.8 Å². The van der Waals surface area contributed by atoms with Crippen LogP contribution in [0.5, 0.6) is 5.75 Å². The third-order valence-electron chi connectivity index (χ3n) is 3.76. The molecule has 0 saturated heterocycles. The fraction of sp³-hybridized carbons (Fsp3) is 0.111. The van der Waals surface area contributed by atoms with Gasteiger partial charge >= 0.3 is 5.69 Å². The number of aromatic nitrogens is 2. The van der Waals surface area contributed by atoms with E-state index in [1.165, 1.54) is 24.4 Å². The number of benzene rings is 2. The minimum atomic E-state index is -0.615. The lowest BCUT2D eigenvalue weighted by molar-refractivity contribution is -0.385. The first-order valence-corrected chi connectivity index (χ1v) is 8.71. The summed E-state index contributed by atoms with van der Waals surface area (Å²) in [6.07, 6.45) is 1.32. The van der Waals surface area contributed by atoms with Crippen LogP contribution < -0.4 is 10.3 Å². The number of hydrogen-bond acceptors (Lipinski definition) is 7. The van der Waals surface area contributed by atoms with E-state index in [0.717, 1.165) is 9.15 Å². The van der Waals surface area contributed by atoms with Crippen LogP contribution in [-0.4, -0.2) is 27.4 Å². The van der Waals surface area contributed by atoms with E-state index in [2.05, 4.69) is 26.0 Å². The molecule has 0 atom stereocenters. The maximum absolute atomic E-state index is 12.7. The second kappa shape index (κ2) is 7.98. The highest BCUT2D eigenvalue weighted by atomic mass is 79.9. The van der Waals surface area contributed by atoms with Gasteiger partial charge in [0, 0.05) is 16.1 Å². The summed E-state index contributed by atoms with van der Waals surface area (Å²) in [5.74, 6) is 0.355. The number of nitro groups is 1. The van der Waals surface area contributed by atoms with Crippen LogP contribution in [0.4, 0.5) is 5.69 Å². The summed E-state index contributed by atoms with van der Waals surface area (Å²) >= 11 is 3.32. The summed E-state index contributed by atoms with van der Waals surface area (Å²) in [6, 6.07) is 11.1. The maximum atomic E-state index is 12.7. The Bertz CT molecular complexity index is 1210. The van der Waals surface area contributed by atoms with Crippen molar-refractivity contribution in [2.24, 2.45) is 5.10 Å². The van der Waals surface area contributed by atoms with E-state index in [1.807, 2.05) is 0 Å². The number of rotatable bonds is 5. The van der Waals surface area contributed by atoms with Crippen LogP contribution in [-0.2, 0) is 0 Å². The molecule has 9 nitrogen and oxygen atoms in total. The van der Waals surface area contributed by atoms with E-state index >= 15 is 0 Å². The Labute approximate surface area is 166 Å². The minimum absolute atomic E-state index is 0.0192. The zero-order valence-corrected chi connectivity index (χ0v) is 16.1. The molecule has 1 heterocycles. The van der Waals surface area contributed by atoms with Crippen molar-refractivity contribution in [2.45, 2.75) is 6.92 Å². The van der Waals surface area contributed by atoms with Gasteiger partial charge in [-0.1, -0.05) is 15.9 Å². The molecule has 0 saturated carbocycles. The lowest BCUT2D eigenvalue weighted by Gasteiger charge is -2.06. The smallest absolute Gasteiger partial charge is 0.311 e. The van der Waals surface area contributed by atoms with Gasteiger partial charge in [-0.3, -0.25) is 14.9 Å². The number of nitriles is 1. The topological polar surface area (TPSA) is 123 Å². The SMILES string of the molecule is Cc1nc2ccc(Br)cc2c(=O)n1N=Cc1ccc(OCC#N)c([N+](=O)[O-])c1. The first-order chi connectivity index (χ1) is 13.4. The van der Waals surface area contributed by atoms with E-state index < -0.39 is 4.92 Å². The first kappa shape index (κ1) is 19.2. The zero-order valence-electron chi connectivity index (χ0n) is 14.5. The van der Waals surface area contributed by atoms with Crippen molar-refractivity contribution in [3.63, 3.8) is 0 Å². The van der Waals surface area contributed by atoms with Crippen molar-refractivity contribution in [3.8, 4) is 11.8 Å². The molecule has 10 heteroatoms. The van der Waals surface area contributed by atoms with Crippen molar-refractivity contribution in [1.29, 1.82) is 5.26 Å². The molecule has 0 aliphatic heterocycles. The fourth-order valence-corrected chi connectivity index (χ4v) is 2.87. The normalized spacial score (nSPS) is 10.9. The fourth-order valence-electron chi connectivity index (χ4n) is 2.51. The van der Waals surface area contributed by atoms with Crippen molar-refractivity contribution in [1.82, 2.24) is 9.66 Å². The van der Waals surface area contributed by atoms with Gasteiger partial charge in [0.2, 0.25) is 0 Å². The molecular weight excluding hydrogens is 430 g/mol. The van der Waals surface area contributed by atoms with E-state index in [1.54, 1.807) is 31.2 Å². The predicted molar refractivity (Wildman–Crippen MR) is 106 cm³/mol. The predicted octanol–water partition coefficient (Wildman–Crippen LogP) is 3.16. The summed E-state index contributed by atoms with van der Waals surface area (Å²) in [7, 11) is 0. The van der Waals surface area contributed by atoms with Crippen LogP contribution in [0.3, 0.4) is 0 Å². The molecule has 0 amide bonds. The van der Waals surface area contributed by atoms with Crippen LogP contribution in [0, 0.1) is 28.4 Å². The number of fused-ring (bicyclic) bond motifs is 1. The van der Waals surface area contributed by atoms with Crippen LogP contribution >= 0.6 is 15.9 Å². The molecule has 0 unspecified atom stereocenters. The van der Waals surface area contributed by atoms with Gasteiger partial charge < -0.3 is 4.74 Å². The van der Waals surface area contributed by atoms with Gasteiger partial charge in [-0.05, 0) is 37.3 Å². The Morgan fingerprint density at radius 1 is 1.39 bits per heavy atom. The second-order valence-electron chi connectivity index (χ2n) is 5.61. The molecule has 0 N–H and O–H groups in total. The van der Waals surface area contributed by atoms with E-state index in [0.29, 0.717) is 22.3 Å². The summed E-state index contributed by atoms with van der Waals surface area (Å²) in [5, 5.41) is 24.3. The number of hydrogen-bond donors (Lipinski definition) is 0. The quantitative estimate of drug-likeness (QED) is 0.340. The molecule has 0 spiro atoms. The van der Waals surface area contributed by atoms with Crippen molar-refractivity contribution < 1.29 is 9.66 Å². The number of nitro benzene ring substituents is 1. The first-order valence-electron chi connectivity index (χ1n) is 7.92. The molecule has 0 radical (unpaired) electrons. The number of ether oxygens (including phenoxy) is 1. The molecule has 3 rings (SSSR count). The Morgan fingerprint density at radius 2 is 2.18 bits per heavy atom. The van der Waals surface area contributed by atoms with Gasteiger partial charge in [0.1, 0.15) is 11.9 Å². The molecular formula is C18H12BrN5O4. The highest BCUT2D eigenvalue weighted by Crippen LogP contribution is 2.27. The van der Waals surface area contributed by atoms with Gasteiger partial charge in [0.15, 0.2) is 12.4 Å². The lowest BCUT2D eigenvalue weighted by atomic mass is 10.2. The van der Waals surface area contributed by atoms with Gasteiger partial charge in [-0.25, -0.2) is 4.98 Å². The van der Waals surface area contributed by atoms with Gasteiger partial charge in [-0.15, -0.1) is 0 Å². The largest absolute Gasteiger partial charge is 0.472 e. The Morgan fingerprint density at radius 3 is 2.89 bits per heavy atom. The highest BCUT2D eigenvalue weighted by Gasteiger charge is 2.15. The summed E-state index contributed by atoms with van der Waals surface area (Å²) in [6.45, 7) is 1.34. The number of nitrogens with zero attached hydrogens (tertiary/aromatic N) is 5. The van der Waals surface area contributed by atoms with Gasteiger partial charge in [0.25, 0.3) is 5.56 Å². The average molecular weight is 442 g/mol.